The molecule has 0 unspecified atom stereocenters. The van der Waals surface area contributed by atoms with Crippen LogP contribution >= 0.6 is 0 Å². The first-order valence-corrected chi connectivity index (χ1v) is 11.6. The normalized spacial score (nSPS) is 13.5. The molecule has 1 N–H and O–H groups in total. The molecule has 0 atom stereocenters. The molecular weight excluding hydrogens is 430 g/mol. The molecule has 0 spiro atoms. The second-order valence-electron chi connectivity index (χ2n) is 8.39. The van der Waals surface area contributed by atoms with Gasteiger partial charge >= 0.3 is 0 Å². The van der Waals surface area contributed by atoms with Gasteiger partial charge in [0.25, 0.3) is 11.8 Å². The Hall–Kier alpha value is -3.79. The third-order valence-electron chi connectivity index (χ3n) is 5.54. The molecule has 1 heterocycles. The van der Waals surface area contributed by atoms with Gasteiger partial charge in [-0.15, -0.1) is 0 Å². The summed E-state index contributed by atoms with van der Waals surface area (Å²) in [7, 11) is 0. The second-order valence-corrected chi connectivity index (χ2v) is 8.39. The van der Waals surface area contributed by atoms with Crippen molar-refractivity contribution >= 4 is 23.6 Å². The third-order valence-corrected chi connectivity index (χ3v) is 5.54. The molecule has 2 aromatic carbocycles. The molecule has 1 aliphatic rings. The Kier molecular flexibility index (Phi) is 8.69. The van der Waals surface area contributed by atoms with Crippen molar-refractivity contribution in [2.24, 2.45) is 0 Å². The summed E-state index contributed by atoms with van der Waals surface area (Å²) in [5, 5.41) is 12.4. The number of nitriles is 1. The Morgan fingerprint density at radius 1 is 1.12 bits per heavy atom. The van der Waals surface area contributed by atoms with Crippen LogP contribution in [0, 0.1) is 11.3 Å². The highest BCUT2D eigenvalue weighted by Crippen LogP contribution is 2.30. The van der Waals surface area contributed by atoms with Gasteiger partial charge in [0.05, 0.1) is 6.61 Å². The van der Waals surface area contributed by atoms with Crippen LogP contribution in [0.3, 0.4) is 0 Å². The van der Waals surface area contributed by atoms with E-state index in [-0.39, 0.29) is 29.9 Å². The van der Waals surface area contributed by atoms with Gasteiger partial charge in [-0.1, -0.05) is 38.1 Å². The van der Waals surface area contributed by atoms with Crippen molar-refractivity contribution in [1.29, 1.82) is 5.26 Å². The average Bonchev–Trinajstić information content (AvgIpc) is 3.37. The number of ether oxygens (including phenoxy) is 2. The Morgan fingerprint density at radius 3 is 2.53 bits per heavy atom. The summed E-state index contributed by atoms with van der Waals surface area (Å²) >= 11 is 0. The number of hydrogen-bond donors (Lipinski definition) is 1. The van der Waals surface area contributed by atoms with Crippen LogP contribution in [0.2, 0.25) is 0 Å². The van der Waals surface area contributed by atoms with Gasteiger partial charge < -0.3 is 19.7 Å². The number of carbonyl (C=O) groups excluding carboxylic acids is 2. The van der Waals surface area contributed by atoms with Crippen LogP contribution in [0.5, 0.6) is 11.5 Å². The van der Waals surface area contributed by atoms with Crippen molar-refractivity contribution in [2.45, 2.75) is 39.5 Å². The summed E-state index contributed by atoms with van der Waals surface area (Å²) in [4.78, 5) is 26.8. The van der Waals surface area contributed by atoms with Gasteiger partial charge in [-0.05, 0) is 61.1 Å². The number of amides is 2. The van der Waals surface area contributed by atoms with E-state index >= 15 is 0 Å². The largest absolute Gasteiger partial charge is 0.490 e. The molecule has 7 nitrogen and oxygen atoms in total. The maximum atomic E-state index is 12.6. The summed E-state index contributed by atoms with van der Waals surface area (Å²) < 4.78 is 11.4. The Morgan fingerprint density at radius 2 is 1.85 bits per heavy atom. The standard InChI is InChI=1S/C27H31N3O4/c1-4-33-25-16-20(15-21(17-28)27(32)30-13-7-8-14-30)11-12-24(25)34-18-26(31)29-23-10-6-5-9-22(23)19(2)3/h5-6,9-12,15-16,19H,4,7-8,13-14,18H2,1-3H3,(H,29,31)/b21-15+. The maximum absolute atomic E-state index is 12.6. The predicted molar refractivity (Wildman–Crippen MR) is 132 cm³/mol. The lowest BCUT2D eigenvalue weighted by Gasteiger charge is -2.16. The lowest BCUT2D eigenvalue weighted by atomic mass is 10.0. The fourth-order valence-corrected chi connectivity index (χ4v) is 3.84. The molecular formula is C27H31N3O4. The van der Waals surface area contributed by atoms with E-state index in [9.17, 15) is 14.9 Å². The van der Waals surface area contributed by atoms with Crippen LogP contribution in [0.15, 0.2) is 48.0 Å². The van der Waals surface area contributed by atoms with Gasteiger partial charge in [0.15, 0.2) is 18.1 Å². The first kappa shape index (κ1) is 24.8. The van der Waals surface area contributed by atoms with Crippen LogP contribution in [-0.4, -0.2) is 43.0 Å². The van der Waals surface area contributed by atoms with Crippen molar-refractivity contribution in [3.63, 3.8) is 0 Å². The number of carbonyl (C=O) groups is 2. The van der Waals surface area contributed by atoms with Crippen molar-refractivity contribution in [2.75, 3.05) is 31.6 Å². The minimum atomic E-state index is -0.275. The topological polar surface area (TPSA) is 91.7 Å². The Balaban J connectivity index is 1.71. The van der Waals surface area contributed by atoms with Crippen LogP contribution in [0.4, 0.5) is 5.69 Å². The van der Waals surface area contributed by atoms with Crippen molar-refractivity contribution in [1.82, 2.24) is 4.90 Å². The number of nitrogens with one attached hydrogen (secondary N) is 1. The highest BCUT2D eigenvalue weighted by atomic mass is 16.5. The van der Waals surface area contributed by atoms with Crippen LogP contribution in [-0.2, 0) is 9.59 Å². The quantitative estimate of drug-likeness (QED) is 0.430. The number of hydrogen-bond acceptors (Lipinski definition) is 5. The zero-order chi connectivity index (χ0) is 24.5. The summed E-state index contributed by atoms with van der Waals surface area (Å²) in [6, 6.07) is 14.8. The monoisotopic (exact) mass is 461 g/mol. The van der Waals surface area contributed by atoms with Gasteiger partial charge in [0.1, 0.15) is 11.6 Å². The molecule has 0 aliphatic carbocycles. The van der Waals surface area contributed by atoms with Gasteiger partial charge in [-0.3, -0.25) is 9.59 Å². The molecule has 7 heteroatoms. The first-order valence-electron chi connectivity index (χ1n) is 11.6. The SMILES string of the molecule is CCOc1cc(/C=C(\C#N)C(=O)N2CCCC2)ccc1OCC(=O)Nc1ccccc1C(C)C. The van der Waals surface area contributed by atoms with E-state index in [1.54, 1.807) is 29.2 Å². The third kappa shape index (κ3) is 6.38. The van der Waals surface area contributed by atoms with Crippen molar-refractivity contribution in [3.05, 3.63) is 59.2 Å². The zero-order valence-corrected chi connectivity index (χ0v) is 20.0. The number of rotatable bonds is 9. The lowest BCUT2D eigenvalue weighted by molar-refractivity contribution is -0.125. The molecule has 0 bridgehead atoms. The minimum Gasteiger partial charge on any atom is -0.490 e. The minimum absolute atomic E-state index is 0.0845. The number of nitrogens with zero attached hydrogens (tertiary/aromatic N) is 2. The van der Waals surface area contributed by atoms with E-state index in [1.165, 1.54) is 0 Å². The highest BCUT2D eigenvalue weighted by Gasteiger charge is 2.21. The summed E-state index contributed by atoms with van der Waals surface area (Å²) in [6.45, 7) is 7.56. The van der Waals surface area contributed by atoms with Gasteiger partial charge in [0.2, 0.25) is 0 Å². The molecule has 0 aromatic heterocycles. The average molecular weight is 462 g/mol. The van der Waals surface area contributed by atoms with Gasteiger partial charge in [0, 0.05) is 18.8 Å². The maximum Gasteiger partial charge on any atom is 0.264 e. The molecule has 178 valence electrons. The first-order chi connectivity index (χ1) is 16.4. The molecule has 2 amide bonds. The number of likely N-dealkylation sites (tertiary alicyclic amines) is 1. The second kappa shape index (κ2) is 11.9. The van der Waals surface area contributed by atoms with E-state index in [2.05, 4.69) is 19.2 Å². The van der Waals surface area contributed by atoms with Gasteiger partial charge in [-0.2, -0.15) is 5.26 Å². The Bertz CT molecular complexity index is 1100. The van der Waals surface area contributed by atoms with Crippen LogP contribution in [0.1, 0.15) is 50.7 Å². The van der Waals surface area contributed by atoms with Crippen LogP contribution < -0.4 is 14.8 Å². The summed E-state index contributed by atoms with van der Waals surface area (Å²) in [5.74, 6) is 0.602. The van der Waals surface area contributed by atoms with Gasteiger partial charge in [-0.25, -0.2) is 0 Å². The summed E-state index contributed by atoms with van der Waals surface area (Å²) in [6.07, 6.45) is 3.48. The number of benzene rings is 2. The smallest absolute Gasteiger partial charge is 0.264 e. The van der Waals surface area contributed by atoms with Crippen molar-refractivity contribution in [3.8, 4) is 17.6 Å². The van der Waals surface area contributed by atoms with E-state index in [4.69, 9.17) is 9.47 Å². The van der Waals surface area contributed by atoms with E-state index in [0.717, 1.165) is 24.1 Å². The molecule has 1 saturated heterocycles. The summed E-state index contributed by atoms with van der Waals surface area (Å²) in [5.41, 5.74) is 2.55. The fourth-order valence-electron chi connectivity index (χ4n) is 3.84. The van der Waals surface area contributed by atoms with Crippen molar-refractivity contribution < 1.29 is 19.1 Å². The predicted octanol–water partition coefficient (Wildman–Crippen LogP) is 4.76. The fraction of sp³-hybridized carbons (Fsp3) is 0.370. The molecule has 3 rings (SSSR count). The molecule has 0 saturated carbocycles. The van der Waals surface area contributed by atoms with Crippen LogP contribution in [0.25, 0.3) is 6.08 Å². The molecule has 1 fully saturated rings. The molecule has 1 aliphatic heterocycles. The molecule has 0 radical (unpaired) electrons. The Labute approximate surface area is 201 Å². The van der Waals surface area contributed by atoms with E-state index < -0.39 is 0 Å². The lowest BCUT2D eigenvalue weighted by Crippen LogP contribution is -2.28. The molecule has 2 aromatic rings. The molecule has 34 heavy (non-hydrogen) atoms. The van der Waals surface area contributed by atoms with E-state index in [0.29, 0.717) is 36.8 Å². The highest BCUT2D eigenvalue weighted by molar-refractivity contribution is 6.01. The van der Waals surface area contributed by atoms with E-state index in [1.807, 2.05) is 37.3 Å². The zero-order valence-electron chi connectivity index (χ0n) is 20.0. The number of anilines is 1. The number of para-hydroxylation sites is 1.